The Morgan fingerprint density at radius 1 is 1.39 bits per heavy atom. The summed E-state index contributed by atoms with van der Waals surface area (Å²) in [5, 5.41) is 6.03. The average Bonchev–Trinajstić information content (AvgIpc) is 3.05. The normalized spacial score (nSPS) is 32.3. The molecule has 1 aromatic heterocycles. The van der Waals surface area contributed by atoms with Gasteiger partial charge < -0.3 is 10.2 Å². The van der Waals surface area contributed by atoms with Crippen molar-refractivity contribution in [2.24, 2.45) is 11.8 Å². The Morgan fingerprint density at radius 3 is 2.83 bits per heavy atom. The third kappa shape index (κ3) is 2.49. The van der Waals surface area contributed by atoms with E-state index in [0.717, 1.165) is 24.4 Å². The second-order valence-corrected chi connectivity index (χ2v) is 7.16. The van der Waals surface area contributed by atoms with E-state index in [1.54, 1.807) is 0 Å². The number of nitrogens with one attached hydrogen (secondary N) is 1. The Labute approximate surface area is 114 Å². The molecule has 100 valence electrons. The van der Waals surface area contributed by atoms with Gasteiger partial charge in [-0.05, 0) is 56.6 Å². The molecule has 0 radical (unpaired) electrons. The Morgan fingerprint density at radius 2 is 2.28 bits per heavy atom. The van der Waals surface area contributed by atoms with E-state index in [4.69, 9.17) is 0 Å². The lowest BCUT2D eigenvalue weighted by molar-refractivity contribution is 0.262. The van der Waals surface area contributed by atoms with Gasteiger partial charge in [-0.3, -0.25) is 0 Å². The van der Waals surface area contributed by atoms with Gasteiger partial charge in [0.1, 0.15) is 0 Å². The molecule has 0 saturated heterocycles. The van der Waals surface area contributed by atoms with Gasteiger partial charge in [0.25, 0.3) is 0 Å². The summed E-state index contributed by atoms with van der Waals surface area (Å²) in [6.45, 7) is 1.10. The van der Waals surface area contributed by atoms with E-state index in [1.165, 1.54) is 30.6 Å². The number of hydrogen-bond acceptors (Lipinski definition) is 3. The van der Waals surface area contributed by atoms with E-state index in [2.05, 4.69) is 41.8 Å². The lowest BCUT2D eigenvalue weighted by Crippen LogP contribution is -2.39. The maximum absolute atomic E-state index is 3.85. The van der Waals surface area contributed by atoms with Crippen LogP contribution in [0.4, 0.5) is 0 Å². The highest BCUT2D eigenvalue weighted by atomic mass is 32.1. The van der Waals surface area contributed by atoms with Gasteiger partial charge in [0.05, 0.1) is 6.04 Å². The average molecular weight is 264 g/mol. The van der Waals surface area contributed by atoms with Crippen LogP contribution < -0.4 is 5.32 Å². The Hall–Kier alpha value is -0.380. The minimum absolute atomic E-state index is 0.532. The Bertz CT molecular complexity index is 374. The molecule has 0 aromatic carbocycles. The molecule has 2 saturated carbocycles. The van der Waals surface area contributed by atoms with Gasteiger partial charge in [-0.2, -0.15) is 0 Å². The first-order chi connectivity index (χ1) is 8.74. The molecule has 4 atom stereocenters. The Kier molecular flexibility index (Phi) is 3.73. The molecular weight excluding hydrogens is 240 g/mol. The highest BCUT2D eigenvalue weighted by molar-refractivity contribution is 7.10. The smallest absolute Gasteiger partial charge is 0.0561 e. The van der Waals surface area contributed by atoms with E-state index < -0.39 is 0 Å². The highest BCUT2D eigenvalue weighted by Crippen LogP contribution is 2.44. The lowest BCUT2D eigenvalue weighted by atomic mass is 9.95. The van der Waals surface area contributed by atoms with Crippen molar-refractivity contribution in [1.82, 2.24) is 10.2 Å². The van der Waals surface area contributed by atoms with Crippen LogP contribution in [0.1, 0.15) is 36.6 Å². The first-order valence-electron chi connectivity index (χ1n) is 7.17. The van der Waals surface area contributed by atoms with Crippen molar-refractivity contribution >= 4 is 11.3 Å². The zero-order valence-corrected chi connectivity index (χ0v) is 12.2. The summed E-state index contributed by atoms with van der Waals surface area (Å²) in [4.78, 5) is 3.82. The first kappa shape index (κ1) is 12.6. The van der Waals surface area contributed by atoms with Crippen molar-refractivity contribution in [3.05, 3.63) is 22.4 Å². The van der Waals surface area contributed by atoms with Crippen molar-refractivity contribution in [3.8, 4) is 0 Å². The molecule has 2 aliphatic rings. The first-order valence-corrected chi connectivity index (χ1v) is 8.05. The van der Waals surface area contributed by atoms with Crippen molar-refractivity contribution in [2.45, 2.75) is 37.8 Å². The summed E-state index contributed by atoms with van der Waals surface area (Å²) in [6, 6.07) is 5.75. The number of rotatable bonds is 5. The molecule has 2 bridgehead atoms. The minimum atomic E-state index is 0.532. The number of hydrogen-bond donors (Lipinski definition) is 1. The van der Waals surface area contributed by atoms with Gasteiger partial charge >= 0.3 is 0 Å². The highest BCUT2D eigenvalue weighted by Gasteiger charge is 2.39. The van der Waals surface area contributed by atoms with E-state index in [-0.39, 0.29) is 0 Å². The van der Waals surface area contributed by atoms with Gasteiger partial charge in [0.15, 0.2) is 0 Å². The van der Waals surface area contributed by atoms with Gasteiger partial charge in [0, 0.05) is 17.5 Å². The molecule has 3 heteroatoms. The summed E-state index contributed by atoms with van der Waals surface area (Å²) in [5.41, 5.74) is 0. The predicted octanol–water partition coefficient (Wildman–Crippen LogP) is 3.13. The standard InChI is InChI=1S/C15H24N2S/c1-17(2)14(15-4-3-7-18-15)10-16-13-9-11-5-6-12(13)8-11/h3-4,7,11-14,16H,5-6,8-10H2,1-2H3. The maximum Gasteiger partial charge on any atom is 0.0561 e. The van der Waals surface area contributed by atoms with E-state index in [9.17, 15) is 0 Å². The van der Waals surface area contributed by atoms with Crippen molar-refractivity contribution < 1.29 is 0 Å². The zero-order valence-electron chi connectivity index (χ0n) is 11.4. The fraction of sp³-hybridized carbons (Fsp3) is 0.733. The molecule has 2 fully saturated rings. The number of thiophene rings is 1. The van der Waals surface area contributed by atoms with Crippen molar-refractivity contribution in [1.29, 1.82) is 0 Å². The van der Waals surface area contributed by atoms with Crippen LogP contribution >= 0.6 is 11.3 Å². The second-order valence-electron chi connectivity index (χ2n) is 6.18. The van der Waals surface area contributed by atoms with Crippen LogP contribution in [-0.4, -0.2) is 31.6 Å². The van der Waals surface area contributed by atoms with Crippen molar-refractivity contribution in [2.75, 3.05) is 20.6 Å². The molecule has 1 heterocycles. The fourth-order valence-corrected chi connectivity index (χ4v) is 4.70. The molecule has 2 nitrogen and oxygen atoms in total. The largest absolute Gasteiger partial charge is 0.312 e. The number of likely N-dealkylation sites (N-methyl/N-ethyl adjacent to an activating group) is 1. The molecule has 3 rings (SSSR count). The number of fused-ring (bicyclic) bond motifs is 2. The monoisotopic (exact) mass is 264 g/mol. The van der Waals surface area contributed by atoms with Crippen LogP contribution in [-0.2, 0) is 0 Å². The topological polar surface area (TPSA) is 15.3 Å². The summed E-state index contributed by atoms with van der Waals surface area (Å²) >= 11 is 1.88. The van der Waals surface area contributed by atoms with Crippen LogP contribution in [0.15, 0.2) is 17.5 Å². The summed E-state index contributed by atoms with van der Waals surface area (Å²) in [7, 11) is 4.37. The molecule has 0 spiro atoms. The molecular formula is C15H24N2S. The van der Waals surface area contributed by atoms with Crippen LogP contribution in [0.2, 0.25) is 0 Å². The van der Waals surface area contributed by atoms with Crippen LogP contribution in [0, 0.1) is 11.8 Å². The number of nitrogens with zero attached hydrogens (tertiary/aromatic N) is 1. The van der Waals surface area contributed by atoms with Crippen LogP contribution in [0.25, 0.3) is 0 Å². The van der Waals surface area contributed by atoms with Gasteiger partial charge in [-0.15, -0.1) is 11.3 Å². The van der Waals surface area contributed by atoms with Gasteiger partial charge in [-0.1, -0.05) is 12.5 Å². The zero-order chi connectivity index (χ0) is 12.5. The maximum atomic E-state index is 3.85. The summed E-state index contributed by atoms with van der Waals surface area (Å²) in [6.07, 6.45) is 5.87. The summed E-state index contributed by atoms with van der Waals surface area (Å²) in [5.74, 6) is 2.01. The fourth-order valence-electron chi connectivity index (χ4n) is 3.78. The van der Waals surface area contributed by atoms with E-state index >= 15 is 0 Å². The second kappa shape index (κ2) is 5.32. The quantitative estimate of drug-likeness (QED) is 0.879. The lowest BCUT2D eigenvalue weighted by Gasteiger charge is -2.28. The van der Waals surface area contributed by atoms with Crippen LogP contribution in [0.3, 0.4) is 0 Å². The summed E-state index contributed by atoms with van der Waals surface area (Å²) < 4.78 is 0. The molecule has 18 heavy (non-hydrogen) atoms. The minimum Gasteiger partial charge on any atom is -0.312 e. The van der Waals surface area contributed by atoms with Gasteiger partial charge in [-0.25, -0.2) is 0 Å². The molecule has 0 amide bonds. The molecule has 1 aromatic rings. The third-order valence-corrected chi connectivity index (χ3v) is 5.78. The third-order valence-electron chi connectivity index (χ3n) is 4.81. The van der Waals surface area contributed by atoms with Gasteiger partial charge in [0.2, 0.25) is 0 Å². The molecule has 2 aliphatic carbocycles. The van der Waals surface area contributed by atoms with E-state index in [1.807, 2.05) is 11.3 Å². The molecule has 4 unspecified atom stereocenters. The Balaban J connectivity index is 1.57. The van der Waals surface area contributed by atoms with Crippen molar-refractivity contribution in [3.63, 3.8) is 0 Å². The van der Waals surface area contributed by atoms with Crippen LogP contribution in [0.5, 0.6) is 0 Å². The predicted molar refractivity (Wildman–Crippen MR) is 78.0 cm³/mol. The van der Waals surface area contributed by atoms with E-state index in [0.29, 0.717) is 6.04 Å². The SMILES string of the molecule is CN(C)C(CNC1CC2CCC1C2)c1cccs1. The molecule has 1 N–H and O–H groups in total. The molecule has 0 aliphatic heterocycles.